The Morgan fingerprint density at radius 2 is 2.06 bits per heavy atom. The third kappa shape index (κ3) is 2.02. The smallest absolute Gasteiger partial charge is 0.183 e. The van der Waals surface area contributed by atoms with Gasteiger partial charge in [-0.1, -0.05) is 30.5 Å². The van der Waals surface area contributed by atoms with Crippen molar-refractivity contribution in [1.29, 1.82) is 0 Å². The first-order valence-corrected chi connectivity index (χ1v) is 6.25. The molecule has 94 valence electrons. The van der Waals surface area contributed by atoms with E-state index in [0.717, 1.165) is 31.2 Å². The lowest BCUT2D eigenvalue weighted by Crippen LogP contribution is -2.32. The van der Waals surface area contributed by atoms with Crippen LogP contribution >= 0.6 is 11.6 Å². The van der Waals surface area contributed by atoms with E-state index in [0.29, 0.717) is 6.54 Å². The van der Waals surface area contributed by atoms with Crippen molar-refractivity contribution in [1.82, 2.24) is 0 Å². The first-order valence-electron chi connectivity index (χ1n) is 5.87. The average molecular weight is 258 g/mol. The molecule has 1 aromatic rings. The van der Waals surface area contributed by atoms with E-state index in [2.05, 4.69) is 0 Å². The van der Waals surface area contributed by atoms with Crippen LogP contribution in [-0.4, -0.2) is 13.7 Å². The number of hydrogen-bond acceptors (Lipinski definition) is 2. The van der Waals surface area contributed by atoms with Gasteiger partial charge in [0, 0.05) is 17.5 Å². The summed E-state index contributed by atoms with van der Waals surface area (Å²) in [4.78, 5) is 0. The molecule has 0 saturated heterocycles. The second-order valence-electron chi connectivity index (χ2n) is 4.63. The van der Waals surface area contributed by atoms with Crippen molar-refractivity contribution in [2.24, 2.45) is 5.73 Å². The Morgan fingerprint density at radius 1 is 1.41 bits per heavy atom. The molecule has 0 spiro atoms. The third-order valence-corrected chi connectivity index (χ3v) is 4.07. The van der Waals surface area contributed by atoms with Gasteiger partial charge in [-0.2, -0.15) is 0 Å². The molecule has 0 aliphatic heterocycles. The molecule has 0 heterocycles. The molecule has 2 rings (SSSR count). The Labute approximate surface area is 106 Å². The van der Waals surface area contributed by atoms with E-state index in [-0.39, 0.29) is 16.2 Å². The predicted octanol–water partition coefficient (Wildman–Crippen LogP) is 3.26. The van der Waals surface area contributed by atoms with Crippen LogP contribution in [0.5, 0.6) is 5.75 Å². The molecule has 0 unspecified atom stereocenters. The number of methoxy groups -OCH3 is 1. The number of hydrogen-bond donors (Lipinski definition) is 1. The monoisotopic (exact) mass is 257 g/mol. The number of benzene rings is 1. The largest absolute Gasteiger partial charge is 0.493 e. The summed E-state index contributed by atoms with van der Waals surface area (Å²) in [6, 6.07) is 3.44. The van der Waals surface area contributed by atoms with Crippen LogP contribution in [0.1, 0.15) is 31.2 Å². The van der Waals surface area contributed by atoms with Crippen LogP contribution < -0.4 is 10.5 Å². The number of nitrogens with two attached hydrogens (primary N) is 1. The quantitative estimate of drug-likeness (QED) is 0.902. The maximum atomic E-state index is 13.9. The maximum Gasteiger partial charge on any atom is 0.183 e. The molecule has 1 aliphatic rings. The lowest BCUT2D eigenvalue weighted by Gasteiger charge is -2.29. The Balaban J connectivity index is 2.54. The van der Waals surface area contributed by atoms with E-state index in [9.17, 15) is 4.39 Å². The van der Waals surface area contributed by atoms with Gasteiger partial charge in [-0.05, 0) is 18.9 Å². The van der Waals surface area contributed by atoms with E-state index < -0.39 is 5.82 Å². The predicted molar refractivity (Wildman–Crippen MR) is 67.2 cm³/mol. The van der Waals surface area contributed by atoms with Gasteiger partial charge in [0.05, 0.1) is 12.1 Å². The zero-order chi connectivity index (χ0) is 12.5. The van der Waals surface area contributed by atoms with Crippen molar-refractivity contribution < 1.29 is 9.13 Å². The molecule has 1 fully saturated rings. The lowest BCUT2D eigenvalue weighted by molar-refractivity contribution is 0.356. The van der Waals surface area contributed by atoms with Crippen LogP contribution in [0.15, 0.2) is 12.1 Å². The highest BCUT2D eigenvalue weighted by Crippen LogP contribution is 2.45. The topological polar surface area (TPSA) is 35.2 Å². The van der Waals surface area contributed by atoms with Crippen molar-refractivity contribution in [3.05, 3.63) is 28.5 Å². The zero-order valence-corrected chi connectivity index (χ0v) is 10.7. The molecule has 2 nitrogen and oxygen atoms in total. The van der Waals surface area contributed by atoms with E-state index >= 15 is 0 Å². The molecular formula is C13H17ClFNO. The van der Waals surface area contributed by atoms with Gasteiger partial charge in [0.1, 0.15) is 0 Å². The van der Waals surface area contributed by atoms with Gasteiger partial charge < -0.3 is 10.5 Å². The third-order valence-electron chi connectivity index (χ3n) is 3.78. The molecular weight excluding hydrogens is 241 g/mol. The first-order chi connectivity index (χ1) is 8.14. The van der Waals surface area contributed by atoms with Crippen LogP contribution in [0.4, 0.5) is 4.39 Å². The SMILES string of the molecule is COc1c(C2(CN)CCCC2)ccc(Cl)c1F. The summed E-state index contributed by atoms with van der Waals surface area (Å²) in [7, 11) is 1.47. The Kier molecular flexibility index (Phi) is 3.59. The number of ether oxygens (including phenoxy) is 1. The molecule has 1 saturated carbocycles. The molecule has 0 atom stereocenters. The van der Waals surface area contributed by atoms with Crippen molar-refractivity contribution in [3.63, 3.8) is 0 Å². The Bertz CT molecular complexity index is 416. The van der Waals surface area contributed by atoms with Crippen LogP contribution in [0, 0.1) is 5.82 Å². The summed E-state index contributed by atoms with van der Waals surface area (Å²) in [5.74, 6) is -0.226. The highest BCUT2D eigenvalue weighted by atomic mass is 35.5. The minimum absolute atomic E-state index is 0.0933. The molecule has 1 aliphatic carbocycles. The van der Waals surface area contributed by atoms with E-state index in [1.54, 1.807) is 6.07 Å². The van der Waals surface area contributed by atoms with Gasteiger partial charge >= 0.3 is 0 Å². The summed E-state index contributed by atoms with van der Waals surface area (Å²) in [6.45, 7) is 0.518. The second kappa shape index (κ2) is 4.83. The Hall–Kier alpha value is -0.800. The fourth-order valence-corrected chi connectivity index (χ4v) is 2.93. The second-order valence-corrected chi connectivity index (χ2v) is 5.04. The molecule has 4 heteroatoms. The minimum atomic E-state index is -0.480. The average Bonchev–Trinajstić information content (AvgIpc) is 2.82. The van der Waals surface area contributed by atoms with Crippen LogP contribution in [0.25, 0.3) is 0 Å². The summed E-state index contributed by atoms with van der Waals surface area (Å²) in [5.41, 5.74) is 6.62. The molecule has 2 N–H and O–H groups in total. The highest BCUT2D eigenvalue weighted by molar-refractivity contribution is 6.30. The molecule has 1 aromatic carbocycles. The van der Waals surface area contributed by atoms with Crippen molar-refractivity contribution in [2.75, 3.05) is 13.7 Å². The van der Waals surface area contributed by atoms with Crippen LogP contribution in [-0.2, 0) is 5.41 Å². The van der Waals surface area contributed by atoms with Crippen molar-refractivity contribution in [3.8, 4) is 5.75 Å². The van der Waals surface area contributed by atoms with Crippen LogP contribution in [0.3, 0.4) is 0 Å². The van der Waals surface area contributed by atoms with Gasteiger partial charge in [0.25, 0.3) is 0 Å². The summed E-state index contributed by atoms with van der Waals surface area (Å²) in [6.07, 6.45) is 4.23. The number of halogens is 2. The first kappa shape index (κ1) is 12.7. The molecule has 0 amide bonds. The standard InChI is InChI=1S/C13H17ClFNO/c1-17-12-9(4-5-10(14)11(12)15)13(8-16)6-2-3-7-13/h4-5H,2-3,6-8,16H2,1H3. The summed E-state index contributed by atoms with van der Waals surface area (Å²) < 4.78 is 19.1. The maximum absolute atomic E-state index is 13.9. The van der Waals surface area contributed by atoms with E-state index in [1.807, 2.05) is 6.07 Å². The molecule has 0 bridgehead atoms. The minimum Gasteiger partial charge on any atom is -0.493 e. The zero-order valence-electron chi connectivity index (χ0n) is 9.93. The lowest BCUT2D eigenvalue weighted by atomic mass is 9.78. The van der Waals surface area contributed by atoms with E-state index in [1.165, 1.54) is 7.11 Å². The molecule has 0 aromatic heterocycles. The fraction of sp³-hybridized carbons (Fsp3) is 0.538. The van der Waals surface area contributed by atoms with E-state index in [4.69, 9.17) is 22.1 Å². The van der Waals surface area contributed by atoms with Gasteiger partial charge in [0.15, 0.2) is 11.6 Å². The highest BCUT2D eigenvalue weighted by Gasteiger charge is 2.37. The van der Waals surface area contributed by atoms with Gasteiger partial charge in [-0.25, -0.2) is 4.39 Å². The van der Waals surface area contributed by atoms with Crippen LogP contribution in [0.2, 0.25) is 5.02 Å². The normalized spacial score (nSPS) is 18.4. The van der Waals surface area contributed by atoms with Gasteiger partial charge in [-0.15, -0.1) is 0 Å². The Morgan fingerprint density at radius 3 is 2.59 bits per heavy atom. The summed E-state index contributed by atoms with van der Waals surface area (Å²) in [5, 5.41) is 0.0933. The molecule has 17 heavy (non-hydrogen) atoms. The fourth-order valence-electron chi connectivity index (χ4n) is 2.78. The van der Waals surface area contributed by atoms with Gasteiger partial charge in [0.2, 0.25) is 0 Å². The van der Waals surface area contributed by atoms with Crippen molar-refractivity contribution in [2.45, 2.75) is 31.1 Å². The molecule has 0 radical (unpaired) electrons. The van der Waals surface area contributed by atoms with Crippen molar-refractivity contribution >= 4 is 11.6 Å². The van der Waals surface area contributed by atoms with Gasteiger partial charge in [-0.3, -0.25) is 0 Å². The number of rotatable bonds is 3. The summed E-state index contributed by atoms with van der Waals surface area (Å²) >= 11 is 5.77.